The van der Waals surface area contributed by atoms with E-state index in [2.05, 4.69) is 17.3 Å². The van der Waals surface area contributed by atoms with Crippen molar-refractivity contribution in [3.05, 3.63) is 23.7 Å². The first kappa shape index (κ1) is 10.8. The van der Waals surface area contributed by atoms with Gasteiger partial charge in [0.15, 0.2) is 0 Å². The van der Waals surface area contributed by atoms with Gasteiger partial charge in [0.1, 0.15) is 11.5 Å². The van der Waals surface area contributed by atoms with Crippen LogP contribution in [0, 0.1) is 18.8 Å². The molecular weight excluding hydrogens is 176 g/mol. The minimum absolute atomic E-state index is 0.0598. The van der Waals surface area contributed by atoms with Gasteiger partial charge in [0, 0.05) is 6.42 Å². The average molecular weight is 192 g/mol. The van der Waals surface area contributed by atoms with E-state index in [0.29, 0.717) is 0 Å². The predicted octanol–water partition coefficient (Wildman–Crippen LogP) is 1.90. The van der Waals surface area contributed by atoms with Crippen LogP contribution in [0.5, 0.6) is 0 Å². The van der Waals surface area contributed by atoms with Crippen LogP contribution in [0.2, 0.25) is 0 Å². The van der Waals surface area contributed by atoms with Crippen molar-refractivity contribution in [1.82, 2.24) is 5.43 Å². The van der Waals surface area contributed by atoms with Gasteiger partial charge < -0.3 is 4.42 Å². The molecule has 0 aromatic carbocycles. The van der Waals surface area contributed by atoms with Gasteiger partial charge in [-0.1, -0.05) is 0 Å². The highest BCUT2D eigenvalue weighted by Gasteiger charge is 2.11. The Labute approximate surface area is 84.6 Å². The van der Waals surface area contributed by atoms with Crippen LogP contribution in [0.1, 0.15) is 37.3 Å². The molecule has 0 aliphatic heterocycles. The highest BCUT2D eigenvalue weighted by atomic mass is 16.3. The second-order valence-corrected chi connectivity index (χ2v) is 3.13. The van der Waals surface area contributed by atoms with E-state index < -0.39 is 0 Å². The Hall–Kier alpha value is -1.24. The van der Waals surface area contributed by atoms with E-state index in [1.807, 2.05) is 26.0 Å². The van der Waals surface area contributed by atoms with Crippen molar-refractivity contribution in [2.75, 3.05) is 0 Å². The van der Waals surface area contributed by atoms with Crippen molar-refractivity contribution in [3.63, 3.8) is 0 Å². The molecule has 1 unspecified atom stereocenters. The molecule has 0 amide bonds. The van der Waals surface area contributed by atoms with Crippen molar-refractivity contribution in [3.8, 4) is 11.8 Å². The number of nitrogens with one attached hydrogen (secondary N) is 1. The molecule has 1 aromatic heterocycles. The molecule has 0 spiro atoms. The molecule has 1 heterocycles. The third kappa shape index (κ3) is 2.91. The number of hydrazine groups is 1. The largest absolute Gasteiger partial charge is 0.465 e. The van der Waals surface area contributed by atoms with Crippen molar-refractivity contribution in [1.29, 1.82) is 0 Å². The normalized spacial score (nSPS) is 11.9. The summed E-state index contributed by atoms with van der Waals surface area (Å²) in [6.45, 7) is 3.75. The van der Waals surface area contributed by atoms with Gasteiger partial charge in [-0.25, -0.2) is 5.43 Å². The maximum absolute atomic E-state index is 5.48. The number of furan rings is 1. The van der Waals surface area contributed by atoms with Gasteiger partial charge in [0.2, 0.25) is 0 Å². The van der Waals surface area contributed by atoms with Crippen molar-refractivity contribution in [2.45, 2.75) is 32.7 Å². The topological polar surface area (TPSA) is 51.2 Å². The summed E-state index contributed by atoms with van der Waals surface area (Å²) in [5.41, 5.74) is 2.73. The molecular formula is C11H16N2O. The zero-order valence-corrected chi connectivity index (χ0v) is 8.63. The summed E-state index contributed by atoms with van der Waals surface area (Å²) in [5.74, 6) is 13.1. The maximum atomic E-state index is 5.48. The van der Waals surface area contributed by atoms with E-state index in [9.17, 15) is 0 Å². The fourth-order valence-electron chi connectivity index (χ4n) is 1.29. The smallest absolute Gasteiger partial charge is 0.122 e. The van der Waals surface area contributed by atoms with Gasteiger partial charge >= 0.3 is 0 Å². The van der Waals surface area contributed by atoms with Crippen LogP contribution in [-0.4, -0.2) is 0 Å². The Morgan fingerprint density at radius 2 is 2.36 bits per heavy atom. The van der Waals surface area contributed by atoms with Crippen LogP contribution in [-0.2, 0) is 0 Å². The summed E-state index contributed by atoms with van der Waals surface area (Å²) in [6.07, 6.45) is 1.69. The van der Waals surface area contributed by atoms with E-state index in [1.54, 1.807) is 0 Å². The lowest BCUT2D eigenvalue weighted by Crippen LogP contribution is -2.27. The zero-order chi connectivity index (χ0) is 10.4. The number of nitrogens with two attached hydrogens (primary N) is 1. The summed E-state index contributed by atoms with van der Waals surface area (Å²) < 4.78 is 5.48. The highest BCUT2D eigenvalue weighted by molar-refractivity contribution is 5.10. The third-order valence-corrected chi connectivity index (χ3v) is 2.04. The molecule has 3 heteroatoms. The summed E-state index contributed by atoms with van der Waals surface area (Å²) in [5, 5.41) is 0. The number of rotatable bonds is 4. The molecule has 1 aromatic rings. The molecule has 0 bridgehead atoms. The molecule has 14 heavy (non-hydrogen) atoms. The second kappa shape index (κ2) is 5.48. The zero-order valence-electron chi connectivity index (χ0n) is 8.63. The lowest BCUT2D eigenvalue weighted by atomic mass is 10.1. The summed E-state index contributed by atoms with van der Waals surface area (Å²) in [4.78, 5) is 0. The lowest BCUT2D eigenvalue weighted by molar-refractivity contribution is 0.392. The Balaban J connectivity index is 2.56. The third-order valence-electron chi connectivity index (χ3n) is 2.04. The first-order valence-corrected chi connectivity index (χ1v) is 4.70. The molecule has 1 rings (SSSR count). The first-order valence-electron chi connectivity index (χ1n) is 4.70. The van der Waals surface area contributed by atoms with Gasteiger partial charge in [-0.3, -0.25) is 5.84 Å². The number of hydrogen-bond donors (Lipinski definition) is 2. The Kier molecular flexibility index (Phi) is 4.24. The summed E-state index contributed by atoms with van der Waals surface area (Å²) >= 11 is 0. The first-order chi connectivity index (χ1) is 6.77. The van der Waals surface area contributed by atoms with Crippen LogP contribution in [0.3, 0.4) is 0 Å². The quantitative estimate of drug-likeness (QED) is 0.435. The van der Waals surface area contributed by atoms with Crippen molar-refractivity contribution in [2.24, 2.45) is 5.84 Å². The maximum Gasteiger partial charge on any atom is 0.122 e. The van der Waals surface area contributed by atoms with E-state index in [4.69, 9.17) is 10.3 Å². The molecule has 0 aliphatic carbocycles. The molecule has 3 N–H and O–H groups in total. The van der Waals surface area contributed by atoms with Gasteiger partial charge in [-0.2, -0.15) is 0 Å². The summed E-state index contributed by atoms with van der Waals surface area (Å²) in [7, 11) is 0. The fourth-order valence-corrected chi connectivity index (χ4v) is 1.29. The van der Waals surface area contributed by atoms with Crippen LogP contribution < -0.4 is 11.3 Å². The van der Waals surface area contributed by atoms with Crippen molar-refractivity contribution < 1.29 is 4.42 Å². The SMILES string of the molecule is CC#CCCC(NN)c1ccc(C)o1. The van der Waals surface area contributed by atoms with E-state index in [1.165, 1.54) is 0 Å². The van der Waals surface area contributed by atoms with Crippen LogP contribution in [0.25, 0.3) is 0 Å². The Morgan fingerprint density at radius 1 is 1.57 bits per heavy atom. The van der Waals surface area contributed by atoms with Crippen LogP contribution in [0.4, 0.5) is 0 Å². The van der Waals surface area contributed by atoms with Gasteiger partial charge in [-0.15, -0.1) is 11.8 Å². The minimum Gasteiger partial charge on any atom is -0.465 e. The van der Waals surface area contributed by atoms with Gasteiger partial charge in [0.25, 0.3) is 0 Å². The number of hydrogen-bond acceptors (Lipinski definition) is 3. The molecule has 0 aliphatic rings. The molecule has 1 atom stereocenters. The molecule has 0 radical (unpaired) electrons. The minimum atomic E-state index is 0.0598. The molecule has 3 nitrogen and oxygen atoms in total. The second-order valence-electron chi connectivity index (χ2n) is 3.13. The molecule has 76 valence electrons. The molecule has 0 saturated carbocycles. The summed E-state index contributed by atoms with van der Waals surface area (Å²) in [6, 6.07) is 3.94. The van der Waals surface area contributed by atoms with E-state index >= 15 is 0 Å². The average Bonchev–Trinajstić information content (AvgIpc) is 2.60. The highest BCUT2D eigenvalue weighted by Crippen LogP contribution is 2.19. The molecule has 0 saturated heterocycles. The van der Waals surface area contributed by atoms with E-state index in [0.717, 1.165) is 24.4 Å². The monoisotopic (exact) mass is 192 g/mol. The lowest BCUT2D eigenvalue weighted by Gasteiger charge is -2.10. The number of aryl methyl sites for hydroxylation is 1. The van der Waals surface area contributed by atoms with Crippen LogP contribution in [0.15, 0.2) is 16.5 Å². The van der Waals surface area contributed by atoms with Gasteiger partial charge in [-0.05, 0) is 32.4 Å². The predicted molar refractivity (Wildman–Crippen MR) is 56.2 cm³/mol. The standard InChI is InChI=1S/C11H16N2O/c1-3-4-5-6-10(13-12)11-8-7-9(2)14-11/h7-8,10,13H,5-6,12H2,1-2H3. The Morgan fingerprint density at radius 3 is 2.86 bits per heavy atom. The van der Waals surface area contributed by atoms with E-state index in [-0.39, 0.29) is 6.04 Å². The Bertz CT molecular complexity index is 333. The van der Waals surface area contributed by atoms with Gasteiger partial charge in [0.05, 0.1) is 6.04 Å². The molecule has 0 fully saturated rings. The fraction of sp³-hybridized carbons (Fsp3) is 0.455. The van der Waals surface area contributed by atoms with Crippen LogP contribution >= 0.6 is 0 Å². The van der Waals surface area contributed by atoms with Crippen molar-refractivity contribution >= 4 is 0 Å².